The number of rotatable bonds is 4. The van der Waals surface area contributed by atoms with Crippen molar-refractivity contribution in [1.29, 1.82) is 0 Å². The minimum atomic E-state index is -0.275. The molecule has 0 aliphatic carbocycles. The maximum absolute atomic E-state index is 12.6. The summed E-state index contributed by atoms with van der Waals surface area (Å²) >= 11 is 0. The van der Waals surface area contributed by atoms with E-state index < -0.39 is 0 Å². The highest BCUT2D eigenvalue weighted by Gasteiger charge is 2.31. The second-order valence-electron chi connectivity index (χ2n) is 7.44. The molecular formula is C21H22N8O. The summed E-state index contributed by atoms with van der Waals surface area (Å²) in [5.74, 6) is 0.785. The van der Waals surface area contributed by atoms with E-state index in [9.17, 15) is 4.79 Å². The molecule has 3 aromatic heterocycles. The lowest BCUT2D eigenvalue weighted by atomic mass is 10.1. The molecule has 1 aromatic carbocycles. The number of nitrogens with zero attached hydrogens (tertiary/aromatic N) is 8. The van der Waals surface area contributed by atoms with Gasteiger partial charge in [0.15, 0.2) is 11.5 Å². The van der Waals surface area contributed by atoms with Gasteiger partial charge in [-0.25, -0.2) is 14.6 Å². The highest BCUT2D eigenvalue weighted by atomic mass is 16.2. The van der Waals surface area contributed by atoms with Crippen molar-refractivity contribution in [1.82, 2.24) is 34.8 Å². The third-order valence-corrected chi connectivity index (χ3v) is 5.64. The summed E-state index contributed by atoms with van der Waals surface area (Å²) in [6.07, 6.45) is 3.46. The number of carbonyl (C=O) groups is 1. The van der Waals surface area contributed by atoms with Crippen LogP contribution in [0.3, 0.4) is 0 Å². The van der Waals surface area contributed by atoms with E-state index in [0.29, 0.717) is 30.2 Å². The van der Waals surface area contributed by atoms with Crippen LogP contribution in [0.2, 0.25) is 0 Å². The molecule has 0 spiro atoms. The molecule has 0 saturated carbocycles. The molecule has 0 radical (unpaired) electrons. The average Bonchev–Trinajstić information content (AvgIpc) is 3.17. The minimum Gasteiger partial charge on any atom is -0.342 e. The lowest BCUT2D eigenvalue weighted by molar-refractivity contribution is -0.133. The summed E-state index contributed by atoms with van der Waals surface area (Å²) in [5.41, 5.74) is 3.13. The second-order valence-corrected chi connectivity index (χ2v) is 7.44. The summed E-state index contributed by atoms with van der Waals surface area (Å²) < 4.78 is 1.75. The molecule has 1 unspecified atom stereocenters. The normalized spacial score (nSPS) is 17.3. The number of benzene rings is 1. The first-order chi connectivity index (χ1) is 14.6. The number of aromatic nitrogens is 6. The van der Waals surface area contributed by atoms with Crippen LogP contribution in [0.25, 0.3) is 22.2 Å². The molecule has 0 bridgehead atoms. The smallest absolute Gasteiger partial charge is 0.245 e. The maximum Gasteiger partial charge on any atom is 0.245 e. The number of pyridine rings is 1. The average molecular weight is 402 g/mol. The van der Waals surface area contributed by atoms with E-state index in [-0.39, 0.29) is 11.9 Å². The van der Waals surface area contributed by atoms with Gasteiger partial charge in [0.2, 0.25) is 11.6 Å². The van der Waals surface area contributed by atoms with Gasteiger partial charge in [0.25, 0.3) is 0 Å². The third kappa shape index (κ3) is 3.12. The number of piperazine rings is 1. The van der Waals surface area contributed by atoms with Crippen LogP contribution in [0.15, 0.2) is 42.7 Å². The Labute approximate surface area is 173 Å². The number of fused-ring (bicyclic) bond motifs is 2. The monoisotopic (exact) mass is 402 g/mol. The predicted molar refractivity (Wildman–Crippen MR) is 113 cm³/mol. The number of anilines is 1. The van der Waals surface area contributed by atoms with Gasteiger partial charge in [-0.1, -0.05) is 17.3 Å². The van der Waals surface area contributed by atoms with Gasteiger partial charge in [0.1, 0.15) is 6.04 Å². The fourth-order valence-corrected chi connectivity index (χ4v) is 3.94. The Bertz CT molecular complexity index is 1240. The molecule has 0 N–H and O–H groups in total. The van der Waals surface area contributed by atoms with Crippen molar-refractivity contribution in [3.05, 3.63) is 48.3 Å². The first-order valence-electron chi connectivity index (χ1n) is 10.1. The molecule has 4 heterocycles. The Morgan fingerprint density at radius 1 is 1.17 bits per heavy atom. The molecule has 30 heavy (non-hydrogen) atoms. The summed E-state index contributed by atoms with van der Waals surface area (Å²) in [6.45, 7) is 6.56. The lowest BCUT2D eigenvalue weighted by Crippen LogP contribution is -2.56. The highest BCUT2D eigenvalue weighted by molar-refractivity contribution is 5.86. The van der Waals surface area contributed by atoms with Gasteiger partial charge in [-0.15, -0.1) is 5.10 Å². The maximum atomic E-state index is 12.6. The largest absolute Gasteiger partial charge is 0.342 e. The van der Waals surface area contributed by atoms with Crippen molar-refractivity contribution in [3.8, 4) is 0 Å². The van der Waals surface area contributed by atoms with Gasteiger partial charge in [0.05, 0.1) is 18.3 Å². The van der Waals surface area contributed by atoms with Crippen molar-refractivity contribution < 1.29 is 4.79 Å². The number of carbonyl (C=O) groups excluding carboxylic acids is 1. The van der Waals surface area contributed by atoms with Gasteiger partial charge in [-0.3, -0.25) is 9.78 Å². The van der Waals surface area contributed by atoms with Crippen LogP contribution in [-0.2, 0) is 11.3 Å². The number of amides is 1. The first kappa shape index (κ1) is 18.4. The Morgan fingerprint density at radius 3 is 2.93 bits per heavy atom. The zero-order chi connectivity index (χ0) is 20.7. The van der Waals surface area contributed by atoms with Crippen molar-refractivity contribution in [3.63, 3.8) is 0 Å². The molecule has 152 valence electrons. The minimum absolute atomic E-state index is 0.113. The molecular weight excluding hydrogens is 380 g/mol. The number of likely N-dealkylation sites (N-methyl/N-ethyl adjacent to an activating group) is 1. The van der Waals surface area contributed by atoms with Crippen LogP contribution >= 0.6 is 0 Å². The molecule has 9 heteroatoms. The van der Waals surface area contributed by atoms with Crippen LogP contribution in [0, 0.1) is 0 Å². The molecule has 1 aliphatic heterocycles. The molecule has 1 atom stereocenters. The van der Waals surface area contributed by atoms with Gasteiger partial charge < -0.3 is 9.80 Å². The van der Waals surface area contributed by atoms with Gasteiger partial charge in [-0.05, 0) is 37.6 Å². The summed E-state index contributed by atoms with van der Waals surface area (Å²) in [4.78, 5) is 30.0. The summed E-state index contributed by atoms with van der Waals surface area (Å²) in [5, 5.41) is 9.48. The SMILES string of the molecule is CCN1CCN(c2cnc3nnn(Cc4ccc5ncccc5c4)c3n2)C(C)C1=O. The molecule has 4 aromatic rings. The number of hydrogen-bond acceptors (Lipinski definition) is 7. The highest BCUT2D eigenvalue weighted by Crippen LogP contribution is 2.21. The van der Waals surface area contributed by atoms with Crippen molar-refractivity contribution in [2.45, 2.75) is 26.4 Å². The lowest BCUT2D eigenvalue weighted by Gasteiger charge is -2.39. The summed E-state index contributed by atoms with van der Waals surface area (Å²) in [7, 11) is 0. The Hall–Kier alpha value is -3.62. The van der Waals surface area contributed by atoms with Crippen LogP contribution < -0.4 is 4.90 Å². The van der Waals surface area contributed by atoms with E-state index in [1.165, 1.54) is 0 Å². The van der Waals surface area contributed by atoms with Gasteiger partial charge in [-0.2, -0.15) is 0 Å². The van der Waals surface area contributed by atoms with E-state index in [2.05, 4.69) is 26.3 Å². The van der Waals surface area contributed by atoms with Crippen LogP contribution in [0.4, 0.5) is 5.82 Å². The number of hydrogen-bond donors (Lipinski definition) is 0. The quantitative estimate of drug-likeness (QED) is 0.514. The van der Waals surface area contributed by atoms with Crippen LogP contribution in [0.1, 0.15) is 19.4 Å². The fraction of sp³-hybridized carbons (Fsp3) is 0.333. The van der Waals surface area contributed by atoms with E-state index in [0.717, 1.165) is 29.6 Å². The molecule has 1 fully saturated rings. The van der Waals surface area contributed by atoms with Crippen LogP contribution in [0.5, 0.6) is 0 Å². The van der Waals surface area contributed by atoms with E-state index >= 15 is 0 Å². The standard InChI is InChI=1S/C21H22N8O/c1-3-27-9-10-28(14(2)21(27)30)18-12-23-19-20(24-18)29(26-25-19)13-15-6-7-17-16(11-15)5-4-8-22-17/h4-8,11-12,14H,3,9-10,13H2,1-2H3. The zero-order valence-electron chi connectivity index (χ0n) is 16.9. The van der Waals surface area contributed by atoms with Crippen molar-refractivity contribution >= 4 is 33.9 Å². The summed E-state index contributed by atoms with van der Waals surface area (Å²) in [6, 6.07) is 9.82. The van der Waals surface area contributed by atoms with E-state index in [4.69, 9.17) is 4.98 Å². The molecule has 1 aliphatic rings. The Morgan fingerprint density at radius 2 is 2.07 bits per heavy atom. The van der Waals surface area contributed by atoms with E-state index in [1.54, 1.807) is 17.1 Å². The fourth-order valence-electron chi connectivity index (χ4n) is 3.94. The molecule has 1 amide bonds. The van der Waals surface area contributed by atoms with Crippen molar-refractivity contribution in [2.24, 2.45) is 0 Å². The van der Waals surface area contributed by atoms with Gasteiger partial charge in [0, 0.05) is 31.2 Å². The molecule has 1 saturated heterocycles. The Balaban J connectivity index is 1.46. The second kappa shape index (κ2) is 7.33. The topological polar surface area (TPSA) is 92.9 Å². The third-order valence-electron chi connectivity index (χ3n) is 5.64. The zero-order valence-corrected chi connectivity index (χ0v) is 16.9. The predicted octanol–water partition coefficient (Wildman–Crippen LogP) is 1.87. The van der Waals surface area contributed by atoms with E-state index in [1.807, 2.05) is 47.9 Å². The van der Waals surface area contributed by atoms with Crippen LogP contribution in [-0.4, -0.2) is 66.4 Å². The first-order valence-corrected chi connectivity index (χ1v) is 10.1. The van der Waals surface area contributed by atoms with Crippen molar-refractivity contribution in [2.75, 3.05) is 24.5 Å². The molecule has 9 nitrogen and oxygen atoms in total. The Kier molecular flexibility index (Phi) is 4.50. The van der Waals surface area contributed by atoms with Gasteiger partial charge >= 0.3 is 0 Å². The molecule has 5 rings (SSSR count).